The molecule has 1 saturated heterocycles. The van der Waals surface area contributed by atoms with Gasteiger partial charge in [0.25, 0.3) is 5.91 Å². The molecule has 1 aliphatic rings. The first-order valence-corrected chi connectivity index (χ1v) is 8.54. The number of aromatic carboxylic acids is 1. The van der Waals surface area contributed by atoms with Crippen LogP contribution in [-0.2, 0) is 11.2 Å². The van der Waals surface area contributed by atoms with Crippen LogP contribution in [0.4, 0.5) is 10.1 Å². The number of halogens is 1. The number of carboxylic acid groups (broad SMARTS) is 1. The van der Waals surface area contributed by atoms with Crippen LogP contribution >= 0.6 is 0 Å². The van der Waals surface area contributed by atoms with Gasteiger partial charge in [-0.2, -0.15) is 0 Å². The van der Waals surface area contributed by atoms with Crippen LogP contribution in [-0.4, -0.2) is 47.4 Å². The Morgan fingerprint density at radius 3 is 2.67 bits per heavy atom. The van der Waals surface area contributed by atoms with E-state index in [1.165, 1.54) is 41.1 Å². The van der Waals surface area contributed by atoms with Crippen LogP contribution in [0.3, 0.4) is 0 Å². The molecular weight excluding hydrogens is 355 g/mol. The Hall–Kier alpha value is -3.16. The molecule has 2 amide bonds. The van der Waals surface area contributed by atoms with Crippen molar-refractivity contribution in [3.8, 4) is 0 Å². The molecule has 27 heavy (non-hydrogen) atoms. The number of carbonyl (C=O) groups excluding carboxylic acids is 2. The van der Waals surface area contributed by atoms with Crippen molar-refractivity contribution in [3.05, 3.63) is 53.2 Å². The Balaban J connectivity index is 1.81. The molecule has 1 aromatic carbocycles. The molecule has 2 aromatic rings. The molecular formula is C19H19FN2O5. The lowest BCUT2D eigenvalue weighted by atomic mass is 10.2. The van der Waals surface area contributed by atoms with E-state index >= 15 is 0 Å². The minimum Gasteiger partial charge on any atom is -0.478 e. The van der Waals surface area contributed by atoms with Gasteiger partial charge in [0.15, 0.2) is 5.76 Å². The number of hydrogen-bond donors (Lipinski definition) is 1. The van der Waals surface area contributed by atoms with Gasteiger partial charge < -0.3 is 19.3 Å². The number of amides is 2. The van der Waals surface area contributed by atoms with Crippen molar-refractivity contribution >= 4 is 23.5 Å². The predicted molar refractivity (Wildman–Crippen MR) is 94.3 cm³/mol. The summed E-state index contributed by atoms with van der Waals surface area (Å²) in [5.41, 5.74) is 0.102. The van der Waals surface area contributed by atoms with Crippen LogP contribution in [0.1, 0.15) is 40.0 Å². The topological polar surface area (TPSA) is 91.1 Å². The van der Waals surface area contributed by atoms with Gasteiger partial charge in [-0.05, 0) is 18.6 Å². The largest absolute Gasteiger partial charge is 0.478 e. The van der Waals surface area contributed by atoms with Crippen LogP contribution in [0.15, 0.2) is 34.7 Å². The standard InChI is InChI=1S/C19H19FN2O5/c1-3-15-11(19(25)26)10-16(27-15)18(24)21(2)14-8-9-22(17(14)23)13-7-5-4-6-12(13)20/h4-7,10,14H,3,8-9H2,1-2H3,(H,25,26). The van der Waals surface area contributed by atoms with E-state index < -0.39 is 29.6 Å². The van der Waals surface area contributed by atoms with Crippen molar-refractivity contribution in [1.29, 1.82) is 0 Å². The molecule has 1 aromatic heterocycles. The zero-order valence-electron chi connectivity index (χ0n) is 14.9. The van der Waals surface area contributed by atoms with Gasteiger partial charge in [-0.3, -0.25) is 9.59 Å². The summed E-state index contributed by atoms with van der Waals surface area (Å²) in [5.74, 6) is -2.61. The second-order valence-corrected chi connectivity index (χ2v) is 6.27. The number of hydrogen-bond acceptors (Lipinski definition) is 4. The lowest BCUT2D eigenvalue weighted by Crippen LogP contribution is -2.43. The van der Waals surface area contributed by atoms with Crippen LogP contribution in [0.25, 0.3) is 0 Å². The Morgan fingerprint density at radius 1 is 1.37 bits per heavy atom. The second kappa shape index (κ2) is 7.22. The number of para-hydroxylation sites is 1. The summed E-state index contributed by atoms with van der Waals surface area (Å²) >= 11 is 0. The van der Waals surface area contributed by atoms with Gasteiger partial charge >= 0.3 is 5.97 Å². The Morgan fingerprint density at radius 2 is 2.07 bits per heavy atom. The molecule has 0 radical (unpaired) electrons. The number of nitrogens with zero attached hydrogens (tertiary/aromatic N) is 2. The molecule has 7 nitrogen and oxygen atoms in total. The van der Waals surface area contributed by atoms with Gasteiger partial charge in [0.1, 0.15) is 23.2 Å². The maximum atomic E-state index is 14.0. The lowest BCUT2D eigenvalue weighted by molar-refractivity contribution is -0.120. The summed E-state index contributed by atoms with van der Waals surface area (Å²) in [5, 5.41) is 9.19. The van der Waals surface area contributed by atoms with Crippen molar-refractivity contribution in [1.82, 2.24) is 4.90 Å². The first kappa shape index (κ1) is 18.6. The second-order valence-electron chi connectivity index (χ2n) is 6.27. The molecule has 0 aliphatic carbocycles. The smallest absolute Gasteiger partial charge is 0.339 e. The van der Waals surface area contributed by atoms with Crippen molar-refractivity contribution in [2.75, 3.05) is 18.5 Å². The highest BCUT2D eigenvalue weighted by Gasteiger charge is 2.39. The van der Waals surface area contributed by atoms with Gasteiger partial charge in [-0.25, -0.2) is 9.18 Å². The van der Waals surface area contributed by atoms with E-state index in [1.807, 2.05) is 0 Å². The third kappa shape index (κ3) is 3.30. The predicted octanol–water partition coefficient (Wildman–Crippen LogP) is 2.56. The van der Waals surface area contributed by atoms with E-state index in [0.29, 0.717) is 12.8 Å². The fourth-order valence-electron chi connectivity index (χ4n) is 3.23. The van der Waals surface area contributed by atoms with Gasteiger partial charge in [-0.15, -0.1) is 0 Å². The fourth-order valence-corrected chi connectivity index (χ4v) is 3.23. The number of carbonyl (C=O) groups is 3. The third-order valence-corrected chi connectivity index (χ3v) is 4.68. The van der Waals surface area contributed by atoms with Crippen molar-refractivity contribution in [2.45, 2.75) is 25.8 Å². The van der Waals surface area contributed by atoms with E-state index in [9.17, 15) is 23.9 Å². The first-order valence-electron chi connectivity index (χ1n) is 8.54. The van der Waals surface area contributed by atoms with Gasteiger partial charge in [-0.1, -0.05) is 19.1 Å². The average molecular weight is 374 g/mol. The highest BCUT2D eigenvalue weighted by atomic mass is 19.1. The lowest BCUT2D eigenvalue weighted by Gasteiger charge is -2.23. The average Bonchev–Trinajstić information content (AvgIpc) is 3.25. The summed E-state index contributed by atoms with van der Waals surface area (Å²) in [6.45, 7) is 2.00. The van der Waals surface area contributed by atoms with Crippen LogP contribution in [0.2, 0.25) is 0 Å². The van der Waals surface area contributed by atoms with E-state index in [-0.39, 0.29) is 29.3 Å². The normalized spacial score (nSPS) is 16.6. The quantitative estimate of drug-likeness (QED) is 0.869. The third-order valence-electron chi connectivity index (χ3n) is 4.68. The van der Waals surface area contributed by atoms with E-state index in [4.69, 9.17) is 4.42 Å². The number of aryl methyl sites for hydroxylation is 1. The summed E-state index contributed by atoms with van der Waals surface area (Å²) in [4.78, 5) is 39.2. The summed E-state index contributed by atoms with van der Waals surface area (Å²) in [7, 11) is 1.45. The highest BCUT2D eigenvalue weighted by Crippen LogP contribution is 2.27. The molecule has 0 bridgehead atoms. The molecule has 1 atom stereocenters. The van der Waals surface area contributed by atoms with E-state index in [1.54, 1.807) is 13.0 Å². The SMILES string of the molecule is CCc1oc(C(=O)N(C)C2CCN(c3ccccc3F)C2=O)cc1C(=O)O. The van der Waals surface area contributed by atoms with E-state index in [0.717, 1.165) is 0 Å². The van der Waals surface area contributed by atoms with Gasteiger partial charge in [0.2, 0.25) is 5.91 Å². The molecule has 142 valence electrons. The molecule has 1 aliphatic heterocycles. The number of carboxylic acids is 1. The maximum absolute atomic E-state index is 14.0. The number of rotatable bonds is 5. The zero-order valence-corrected chi connectivity index (χ0v) is 14.9. The summed E-state index contributed by atoms with van der Waals surface area (Å²) in [6.07, 6.45) is 0.657. The highest BCUT2D eigenvalue weighted by molar-refractivity contribution is 6.03. The molecule has 0 spiro atoms. The monoisotopic (exact) mass is 374 g/mol. The maximum Gasteiger partial charge on any atom is 0.339 e. The zero-order chi connectivity index (χ0) is 19.7. The molecule has 3 rings (SSSR count). The minimum absolute atomic E-state index is 0.0695. The molecule has 8 heteroatoms. The van der Waals surface area contributed by atoms with Crippen LogP contribution < -0.4 is 4.90 Å². The Kier molecular flexibility index (Phi) is 4.98. The van der Waals surface area contributed by atoms with Crippen LogP contribution in [0.5, 0.6) is 0 Å². The number of benzene rings is 1. The molecule has 2 heterocycles. The number of furan rings is 1. The molecule has 1 N–H and O–H groups in total. The fraction of sp³-hybridized carbons (Fsp3) is 0.316. The molecule has 1 unspecified atom stereocenters. The van der Waals surface area contributed by atoms with Gasteiger partial charge in [0.05, 0.1) is 5.69 Å². The van der Waals surface area contributed by atoms with Crippen LogP contribution in [0, 0.1) is 5.82 Å². The Labute approximate surface area is 155 Å². The number of likely N-dealkylation sites (N-methyl/N-ethyl adjacent to an activating group) is 1. The van der Waals surface area contributed by atoms with Gasteiger partial charge in [0, 0.05) is 26.1 Å². The number of anilines is 1. The molecule has 0 saturated carbocycles. The Bertz CT molecular complexity index is 907. The van der Waals surface area contributed by atoms with E-state index in [2.05, 4.69) is 0 Å². The summed E-state index contributed by atoms with van der Waals surface area (Å²) < 4.78 is 19.4. The first-order chi connectivity index (χ1) is 12.8. The summed E-state index contributed by atoms with van der Waals surface area (Å²) in [6, 6.07) is 6.35. The van der Waals surface area contributed by atoms with Crippen molar-refractivity contribution in [3.63, 3.8) is 0 Å². The minimum atomic E-state index is -1.18. The van der Waals surface area contributed by atoms with Crippen molar-refractivity contribution in [2.24, 2.45) is 0 Å². The van der Waals surface area contributed by atoms with Crippen molar-refractivity contribution < 1.29 is 28.3 Å². The molecule has 1 fully saturated rings.